The van der Waals surface area contributed by atoms with Crippen LogP contribution in [0.25, 0.3) is 0 Å². The molecule has 0 spiro atoms. The normalized spacial score (nSPS) is 14.1. The predicted molar refractivity (Wildman–Crippen MR) is 94.8 cm³/mol. The zero-order valence-electron chi connectivity index (χ0n) is 15.8. The Morgan fingerprint density at radius 1 is 1.20 bits per heavy atom. The molecule has 1 saturated carbocycles. The second kappa shape index (κ2) is 7.85. The van der Waals surface area contributed by atoms with Crippen molar-refractivity contribution in [2.45, 2.75) is 53.5 Å². The lowest BCUT2D eigenvalue weighted by Crippen LogP contribution is -2.41. The number of amides is 1. The monoisotopic (exact) mass is 348 g/mol. The Morgan fingerprint density at radius 3 is 2.28 bits per heavy atom. The van der Waals surface area contributed by atoms with E-state index >= 15 is 0 Å². The largest absolute Gasteiger partial charge is 0.464 e. The van der Waals surface area contributed by atoms with E-state index in [1.165, 1.54) is 7.11 Å². The molecule has 6 heteroatoms. The molecule has 0 aliphatic heterocycles. The molecule has 0 bridgehead atoms. The third-order valence-corrected chi connectivity index (χ3v) is 5.22. The van der Waals surface area contributed by atoms with Crippen molar-refractivity contribution in [3.05, 3.63) is 22.5 Å². The summed E-state index contributed by atoms with van der Waals surface area (Å²) >= 11 is 0. The van der Waals surface area contributed by atoms with Gasteiger partial charge in [0.1, 0.15) is 5.69 Å². The lowest BCUT2D eigenvalue weighted by Gasteiger charge is -2.30. The van der Waals surface area contributed by atoms with Gasteiger partial charge in [0.25, 0.3) is 0 Å². The molecule has 0 atom stereocenters. The van der Waals surface area contributed by atoms with E-state index in [2.05, 4.69) is 0 Å². The van der Waals surface area contributed by atoms with Crippen molar-refractivity contribution in [2.75, 3.05) is 20.2 Å². The molecular weight excluding hydrogens is 320 g/mol. The summed E-state index contributed by atoms with van der Waals surface area (Å²) < 4.78 is 6.67. The highest BCUT2D eigenvalue weighted by Crippen LogP contribution is 2.29. The number of aromatic nitrogens is 1. The van der Waals surface area contributed by atoms with Crippen LogP contribution >= 0.6 is 0 Å². The maximum absolute atomic E-state index is 12.9. The summed E-state index contributed by atoms with van der Waals surface area (Å²) in [5, 5.41) is 0. The number of ether oxygens (including phenoxy) is 1. The Balaban J connectivity index is 2.30. The number of hydrogen-bond donors (Lipinski definition) is 0. The number of esters is 1. The first kappa shape index (κ1) is 19.2. The van der Waals surface area contributed by atoms with Crippen molar-refractivity contribution in [3.8, 4) is 0 Å². The van der Waals surface area contributed by atoms with Gasteiger partial charge >= 0.3 is 5.97 Å². The molecule has 1 aliphatic rings. The molecule has 6 nitrogen and oxygen atoms in total. The SMILES string of the molecule is CCN(CC(=O)c1c(C)c(C(=O)OC)n(CC)c1C)C(=O)C1CCC1. The van der Waals surface area contributed by atoms with Gasteiger partial charge in [-0.25, -0.2) is 4.79 Å². The Bertz CT molecular complexity index is 686. The van der Waals surface area contributed by atoms with Crippen molar-refractivity contribution in [1.29, 1.82) is 0 Å². The molecule has 0 unspecified atom stereocenters. The maximum Gasteiger partial charge on any atom is 0.354 e. The number of Topliss-reactive ketones (excluding diaryl/α,β-unsaturated/α-hetero) is 1. The quantitative estimate of drug-likeness (QED) is 0.561. The third-order valence-electron chi connectivity index (χ3n) is 5.22. The number of carbonyl (C=O) groups excluding carboxylic acids is 3. The van der Waals surface area contributed by atoms with Gasteiger partial charge in [-0.15, -0.1) is 0 Å². The third kappa shape index (κ3) is 3.48. The van der Waals surface area contributed by atoms with Crippen LogP contribution in [0.2, 0.25) is 0 Å². The van der Waals surface area contributed by atoms with E-state index < -0.39 is 5.97 Å². The van der Waals surface area contributed by atoms with Crippen molar-refractivity contribution in [3.63, 3.8) is 0 Å². The standard InChI is InChI=1S/C19H28N2O4/c1-6-20(18(23)14-9-8-10-14)11-15(22)16-12(3)17(19(24)25-5)21(7-2)13(16)4/h14H,6-11H2,1-5H3. The lowest BCUT2D eigenvalue weighted by molar-refractivity contribution is -0.137. The van der Waals surface area contributed by atoms with Crippen molar-refractivity contribution >= 4 is 17.7 Å². The van der Waals surface area contributed by atoms with E-state index in [0.29, 0.717) is 29.9 Å². The van der Waals surface area contributed by atoms with Crippen LogP contribution in [0.1, 0.15) is 65.2 Å². The Labute approximate surface area is 149 Å². The van der Waals surface area contributed by atoms with Gasteiger partial charge in [-0.05, 0) is 46.1 Å². The summed E-state index contributed by atoms with van der Waals surface area (Å²) in [7, 11) is 1.34. The smallest absolute Gasteiger partial charge is 0.354 e. The Morgan fingerprint density at radius 2 is 1.84 bits per heavy atom. The molecule has 1 heterocycles. The summed E-state index contributed by atoms with van der Waals surface area (Å²) in [6.07, 6.45) is 2.92. The molecule has 0 aromatic carbocycles. The first-order chi connectivity index (χ1) is 11.9. The fraction of sp³-hybridized carbons (Fsp3) is 0.632. The lowest BCUT2D eigenvalue weighted by atomic mass is 9.84. The highest BCUT2D eigenvalue weighted by Gasteiger charge is 2.32. The molecule has 0 radical (unpaired) electrons. The Kier molecular flexibility index (Phi) is 6.03. The molecular formula is C19H28N2O4. The summed E-state index contributed by atoms with van der Waals surface area (Å²) in [5.41, 5.74) is 2.32. The highest BCUT2D eigenvalue weighted by atomic mass is 16.5. The molecule has 25 heavy (non-hydrogen) atoms. The van der Waals surface area contributed by atoms with Crippen LogP contribution in [0.3, 0.4) is 0 Å². The number of rotatable bonds is 7. The van der Waals surface area contributed by atoms with Crippen LogP contribution in [-0.4, -0.2) is 47.3 Å². The van der Waals surface area contributed by atoms with E-state index in [9.17, 15) is 14.4 Å². The van der Waals surface area contributed by atoms with E-state index in [-0.39, 0.29) is 24.2 Å². The summed E-state index contributed by atoms with van der Waals surface area (Å²) in [6, 6.07) is 0. The number of hydrogen-bond acceptors (Lipinski definition) is 4. The van der Waals surface area contributed by atoms with Gasteiger partial charge in [0, 0.05) is 30.3 Å². The number of likely N-dealkylation sites (N-methyl/N-ethyl adjacent to an activating group) is 1. The highest BCUT2D eigenvalue weighted by molar-refractivity contribution is 6.04. The van der Waals surface area contributed by atoms with Gasteiger partial charge in [0.2, 0.25) is 5.91 Å². The first-order valence-corrected chi connectivity index (χ1v) is 8.97. The van der Waals surface area contributed by atoms with Crippen molar-refractivity contribution in [2.24, 2.45) is 5.92 Å². The average Bonchev–Trinajstić information content (AvgIpc) is 2.79. The van der Waals surface area contributed by atoms with Crippen LogP contribution in [0.4, 0.5) is 0 Å². The van der Waals surface area contributed by atoms with Gasteiger partial charge in [-0.1, -0.05) is 6.42 Å². The topological polar surface area (TPSA) is 68.6 Å². The molecule has 0 saturated heterocycles. The van der Waals surface area contributed by atoms with Gasteiger partial charge in [0.05, 0.1) is 13.7 Å². The van der Waals surface area contributed by atoms with Gasteiger partial charge in [0.15, 0.2) is 5.78 Å². The number of methoxy groups -OCH3 is 1. The predicted octanol–water partition coefficient (Wildman–Crippen LogP) is 2.74. The van der Waals surface area contributed by atoms with Crippen LogP contribution < -0.4 is 0 Å². The molecule has 2 rings (SSSR count). The molecule has 1 aliphatic carbocycles. The molecule has 1 amide bonds. The fourth-order valence-electron chi connectivity index (χ4n) is 3.57. The van der Waals surface area contributed by atoms with Crippen molar-refractivity contribution < 1.29 is 19.1 Å². The number of ketones is 1. The van der Waals surface area contributed by atoms with Gasteiger partial charge in [-0.2, -0.15) is 0 Å². The van der Waals surface area contributed by atoms with E-state index in [0.717, 1.165) is 25.0 Å². The second-order valence-electron chi connectivity index (χ2n) is 6.57. The second-order valence-corrected chi connectivity index (χ2v) is 6.57. The molecule has 1 fully saturated rings. The Hall–Kier alpha value is -2.11. The average molecular weight is 348 g/mol. The molecule has 138 valence electrons. The van der Waals surface area contributed by atoms with Crippen LogP contribution in [0.15, 0.2) is 0 Å². The number of nitrogens with zero attached hydrogens (tertiary/aromatic N) is 2. The van der Waals surface area contributed by atoms with Crippen molar-refractivity contribution in [1.82, 2.24) is 9.47 Å². The molecule has 1 aromatic rings. The summed E-state index contributed by atoms with van der Waals surface area (Å²) in [4.78, 5) is 39.1. The summed E-state index contributed by atoms with van der Waals surface area (Å²) in [6.45, 7) is 8.55. The first-order valence-electron chi connectivity index (χ1n) is 8.97. The fourth-order valence-corrected chi connectivity index (χ4v) is 3.57. The minimum absolute atomic E-state index is 0.0574. The van der Waals surface area contributed by atoms with Crippen LogP contribution in [0, 0.1) is 19.8 Å². The van der Waals surface area contributed by atoms with Gasteiger partial charge in [-0.3, -0.25) is 9.59 Å². The van der Waals surface area contributed by atoms with E-state index in [1.54, 1.807) is 16.4 Å². The summed E-state index contributed by atoms with van der Waals surface area (Å²) in [5.74, 6) is -0.428. The molecule has 1 aromatic heterocycles. The minimum atomic E-state index is -0.445. The van der Waals surface area contributed by atoms with Gasteiger partial charge < -0.3 is 14.2 Å². The van der Waals surface area contributed by atoms with Crippen LogP contribution in [-0.2, 0) is 16.1 Å². The van der Waals surface area contributed by atoms with E-state index in [1.807, 2.05) is 20.8 Å². The zero-order chi connectivity index (χ0) is 18.7. The molecule has 0 N–H and O–H groups in total. The van der Waals surface area contributed by atoms with Crippen LogP contribution in [0.5, 0.6) is 0 Å². The maximum atomic E-state index is 12.9. The zero-order valence-corrected chi connectivity index (χ0v) is 15.8. The minimum Gasteiger partial charge on any atom is -0.464 e. The van der Waals surface area contributed by atoms with E-state index in [4.69, 9.17) is 4.74 Å². The number of carbonyl (C=O) groups is 3.